The van der Waals surface area contributed by atoms with E-state index in [4.69, 9.17) is 0 Å². The van der Waals surface area contributed by atoms with E-state index in [2.05, 4.69) is 57.3 Å². The van der Waals surface area contributed by atoms with Crippen molar-refractivity contribution in [1.29, 1.82) is 0 Å². The highest BCUT2D eigenvalue weighted by Gasteiger charge is 2.15. The van der Waals surface area contributed by atoms with Gasteiger partial charge in [-0.15, -0.1) is 11.8 Å². The SMILES string of the molecule is CCCNC(CC)C(C)Sc1cccc(C)c1. The molecule has 0 aliphatic carbocycles. The first-order chi connectivity index (χ1) is 8.17. The fourth-order valence-electron chi connectivity index (χ4n) is 1.96. The van der Waals surface area contributed by atoms with E-state index in [-0.39, 0.29) is 0 Å². The third-order valence-corrected chi connectivity index (χ3v) is 4.20. The van der Waals surface area contributed by atoms with Gasteiger partial charge >= 0.3 is 0 Å². The summed E-state index contributed by atoms with van der Waals surface area (Å²) in [5, 5.41) is 4.25. The van der Waals surface area contributed by atoms with Crippen LogP contribution >= 0.6 is 11.8 Å². The zero-order valence-electron chi connectivity index (χ0n) is 11.5. The predicted molar refractivity (Wildman–Crippen MR) is 78.9 cm³/mol. The van der Waals surface area contributed by atoms with Crippen LogP contribution in [0.15, 0.2) is 29.2 Å². The third-order valence-electron chi connectivity index (χ3n) is 2.97. The largest absolute Gasteiger partial charge is 0.313 e. The molecule has 17 heavy (non-hydrogen) atoms. The van der Waals surface area contributed by atoms with Crippen LogP contribution in [0.1, 0.15) is 39.2 Å². The van der Waals surface area contributed by atoms with Crippen LogP contribution in [0.25, 0.3) is 0 Å². The molecular weight excluding hydrogens is 226 g/mol. The molecular formula is C15H25NS. The number of hydrogen-bond donors (Lipinski definition) is 1. The van der Waals surface area contributed by atoms with Crippen molar-refractivity contribution in [3.05, 3.63) is 29.8 Å². The van der Waals surface area contributed by atoms with Crippen molar-refractivity contribution in [1.82, 2.24) is 5.32 Å². The number of benzene rings is 1. The second kappa shape index (κ2) is 7.78. The van der Waals surface area contributed by atoms with Gasteiger partial charge in [-0.1, -0.05) is 38.5 Å². The Morgan fingerprint density at radius 3 is 2.65 bits per heavy atom. The van der Waals surface area contributed by atoms with E-state index in [1.165, 1.54) is 23.3 Å². The minimum atomic E-state index is 0.612. The van der Waals surface area contributed by atoms with Crippen molar-refractivity contribution < 1.29 is 0 Å². The lowest BCUT2D eigenvalue weighted by atomic mass is 10.1. The van der Waals surface area contributed by atoms with Crippen LogP contribution in [-0.4, -0.2) is 17.8 Å². The summed E-state index contributed by atoms with van der Waals surface area (Å²) in [7, 11) is 0. The van der Waals surface area contributed by atoms with Crippen LogP contribution in [-0.2, 0) is 0 Å². The van der Waals surface area contributed by atoms with Gasteiger partial charge in [0, 0.05) is 16.2 Å². The van der Waals surface area contributed by atoms with Crippen LogP contribution in [0.2, 0.25) is 0 Å². The summed E-state index contributed by atoms with van der Waals surface area (Å²) in [4.78, 5) is 1.38. The molecule has 0 amide bonds. The Morgan fingerprint density at radius 2 is 2.06 bits per heavy atom. The summed E-state index contributed by atoms with van der Waals surface area (Å²) in [6.45, 7) is 10.1. The first kappa shape index (κ1) is 14.6. The molecule has 2 heteroatoms. The first-order valence-corrected chi connectivity index (χ1v) is 7.52. The standard InChI is InChI=1S/C15H25NS/c1-5-10-16-15(6-2)13(4)17-14-9-7-8-12(3)11-14/h7-9,11,13,15-16H,5-6,10H2,1-4H3. The normalized spacial score (nSPS) is 14.6. The fourth-order valence-corrected chi connectivity index (χ4v) is 3.25. The zero-order chi connectivity index (χ0) is 12.7. The van der Waals surface area contributed by atoms with Crippen LogP contribution in [0.3, 0.4) is 0 Å². The van der Waals surface area contributed by atoms with Crippen LogP contribution in [0.5, 0.6) is 0 Å². The number of nitrogens with one attached hydrogen (secondary N) is 1. The lowest BCUT2D eigenvalue weighted by molar-refractivity contribution is 0.494. The Labute approximate surface area is 110 Å². The molecule has 1 nitrogen and oxygen atoms in total. The van der Waals surface area contributed by atoms with Gasteiger partial charge in [-0.2, -0.15) is 0 Å². The minimum Gasteiger partial charge on any atom is -0.313 e. The number of hydrogen-bond acceptors (Lipinski definition) is 2. The van der Waals surface area contributed by atoms with Crippen molar-refractivity contribution in [2.45, 2.75) is 56.7 Å². The van der Waals surface area contributed by atoms with Crippen molar-refractivity contribution in [2.24, 2.45) is 0 Å². The highest BCUT2D eigenvalue weighted by atomic mass is 32.2. The average Bonchev–Trinajstić information content (AvgIpc) is 2.30. The van der Waals surface area contributed by atoms with Crippen molar-refractivity contribution in [3.63, 3.8) is 0 Å². The van der Waals surface area contributed by atoms with E-state index < -0.39 is 0 Å². The molecule has 0 aliphatic rings. The summed E-state index contributed by atoms with van der Waals surface area (Å²) in [5.74, 6) is 0. The molecule has 0 saturated heterocycles. The monoisotopic (exact) mass is 251 g/mol. The summed E-state index contributed by atoms with van der Waals surface area (Å²) in [5.41, 5.74) is 1.34. The van der Waals surface area contributed by atoms with Crippen molar-refractivity contribution in [3.8, 4) is 0 Å². The van der Waals surface area contributed by atoms with Gasteiger partial charge in [0.1, 0.15) is 0 Å². The van der Waals surface area contributed by atoms with Crippen LogP contribution in [0, 0.1) is 6.92 Å². The lowest BCUT2D eigenvalue weighted by Crippen LogP contribution is -2.36. The Hall–Kier alpha value is -0.470. The van der Waals surface area contributed by atoms with E-state index in [9.17, 15) is 0 Å². The average molecular weight is 251 g/mol. The molecule has 0 spiro atoms. The second-order valence-electron chi connectivity index (χ2n) is 4.61. The minimum absolute atomic E-state index is 0.612. The Kier molecular flexibility index (Phi) is 6.68. The van der Waals surface area contributed by atoms with Crippen molar-refractivity contribution in [2.75, 3.05) is 6.54 Å². The molecule has 0 aliphatic heterocycles. The molecule has 0 radical (unpaired) electrons. The maximum atomic E-state index is 3.63. The molecule has 96 valence electrons. The third kappa shape index (κ3) is 5.13. The molecule has 1 rings (SSSR count). The number of thioether (sulfide) groups is 1. The van der Waals surface area contributed by atoms with Gasteiger partial charge in [-0.25, -0.2) is 0 Å². The molecule has 2 unspecified atom stereocenters. The van der Waals surface area contributed by atoms with Gasteiger partial charge in [0.05, 0.1) is 0 Å². The Balaban J connectivity index is 2.54. The Morgan fingerprint density at radius 1 is 1.29 bits per heavy atom. The molecule has 1 aromatic carbocycles. The van der Waals surface area contributed by atoms with E-state index in [0.717, 1.165) is 6.54 Å². The first-order valence-electron chi connectivity index (χ1n) is 6.64. The Bertz CT molecular complexity index is 324. The van der Waals surface area contributed by atoms with E-state index in [1.807, 2.05) is 11.8 Å². The van der Waals surface area contributed by atoms with Crippen LogP contribution in [0.4, 0.5) is 0 Å². The maximum Gasteiger partial charge on any atom is 0.0220 e. The fraction of sp³-hybridized carbons (Fsp3) is 0.600. The highest BCUT2D eigenvalue weighted by Crippen LogP contribution is 2.26. The molecule has 0 heterocycles. The highest BCUT2D eigenvalue weighted by molar-refractivity contribution is 8.00. The number of rotatable bonds is 7. The molecule has 0 fully saturated rings. The molecule has 0 bridgehead atoms. The summed E-state index contributed by atoms with van der Waals surface area (Å²) >= 11 is 1.98. The van der Waals surface area contributed by atoms with Gasteiger partial charge < -0.3 is 5.32 Å². The molecule has 2 atom stereocenters. The summed E-state index contributed by atoms with van der Waals surface area (Å²) in [6, 6.07) is 9.39. The summed E-state index contributed by atoms with van der Waals surface area (Å²) in [6.07, 6.45) is 2.40. The van der Waals surface area contributed by atoms with Gasteiger partial charge in [0.15, 0.2) is 0 Å². The molecule has 1 aromatic rings. The summed E-state index contributed by atoms with van der Waals surface area (Å²) < 4.78 is 0. The van der Waals surface area contributed by atoms with Gasteiger partial charge in [0.2, 0.25) is 0 Å². The lowest BCUT2D eigenvalue weighted by Gasteiger charge is -2.23. The molecule has 1 N–H and O–H groups in total. The van der Waals surface area contributed by atoms with Crippen molar-refractivity contribution >= 4 is 11.8 Å². The topological polar surface area (TPSA) is 12.0 Å². The van der Waals surface area contributed by atoms with Gasteiger partial charge in [-0.05, 0) is 38.4 Å². The number of aryl methyl sites for hydroxylation is 1. The smallest absolute Gasteiger partial charge is 0.0220 e. The quantitative estimate of drug-likeness (QED) is 0.727. The van der Waals surface area contributed by atoms with E-state index in [0.29, 0.717) is 11.3 Å². The van der Waals surface area contributed by atoms with E-state index in [1.54, 1.807) is 0 Å². The maximum absolute atomic E-state index is 3.63. The van der Waals surface area contributed by atoms with Gasteiger partial charge in [-0.3, -0.25) is 0 Å². The zero-order valence-corrected chi connectivity index (χ0v) is 12.3. The molecule has 0 aromatic heterocycles. The second-order valence-corrected chi connectivity index (χ2v) is 6.06. The van der Waals surface area contributed by atoms with Crippen LogP contribution < -0.4 is 5.32 Å². The van der Waals surface area contributed by atoms with Gasteiger partial charge in [0.25, 0.3) is 0 Å². The predicted octanol–water partition coefficient (Wildman–Crippen LogP) is 4.25. The van der Waals surface area contributed by atoms with E-state index >= 15 is 0 Å². The molecule has 0 saturated carbocycles.